The van der Waals surface area contributed by atoms with Crippen molar-refractivity contribution < 1.29 is 75.8 Å². The average molecular weight is 1240 g/mol. The van der Waals surface area contributed by atoms with Gasteiger partial charge in [0, 0.05) is 19.3 Å². The van der Waals surface area contributed by atoms with Crippen LogP contribution in [0.5, 0.6) is 0 Å². The Hall–Kier alpha value is -3.79. The number of carbonyl (C=O) groups excluding carboxylic acids is 3. The van der Waals surface area contributed by atoms with Gasteiger partial charge >= 0.3 is 33.6 Å². The van der Waals surface area contributed by atoms with Gasteiger partial charge in [-0.1, -0.05) is 233 Å². The van der Waals surface area contributed by atoms with Crippen LogP contribution in [0.1, 0.15) is 239 Å². The van der Waals surface area contributed by atoms with Crippen molar-refractivity contribution in [3.63, 3.8) is 0 Å². The largest absolute Gasteiger partial charge is 0.472 e. The third kappa shape index (κ3) is 61.6. The Labute approximate surface area is 513 Å². The predicted octanol–water partition coefficient (Wildman–Crippen LogP) is 17.3. The quantitative estimate of drug-likeness (QED) is 0.0146. The van der Waals surface area contributed by atoms with Crippen molar-refractivity contribution in [2.45, 2.75) is 257 Å². The van der Waals surface area contributed by atoms with Crippen molar-refractivity contribution in [1.82, 2.24) is 0 Å². The molecule has 0 spiro atoms. The normalized spacial score (nSPS) is 15.0. The zero-order valence-corrected chi connectivity index (χ0v) is 54.3. The first kappa shape index (κ1) is 81.2. The van der Waals surface area contributed by atoms with Crippen molar-refractivity contribution >= 4 is 33.6 Å². The lowest BCUT2D eigenvalue weighted by Gasteiger charge is -2.21. The zero-order valence-electron chi connectivity index (χ0n) is 52.5. The van der Waals surface area contributed by atoms with E-state index in [1.165, 1.54) is 64.2 Å². The molecule has 0 aromatic heterocycles. The second-order valence-electron chi connectivity index (χ2n) is 21.2. The highest BCUT2D eigenvalue weighted by atomic mass is 31.2. The van der Waals surface area contributed by atoms with E-state index in [9.17, 15) is 43.5 Å². The van der Waals surface area contributed by atoms with Crippen LogP contribution in [0, 0.1) is 0 Å². The van der Waals surface area contributed by atoms with Gasteiger partial charge in [-0.25, -0.2) is 9.13 Å². The van der Waals surface area contributed by atoms with Gasteiger partial charge < -0.3 is 34.2 Å². The fourth-order valence-corrected chi connectivity index (χ4v) is 9.71. The molecule has 0 aromatic rings. The lowest BCUT2D eigenvalue weighted by Crippen LogP contribution is -2.30. The monoisotopic (exact) mass is 1240 g/mol. The average Bonchev–Trinajstić information content (AvgIpc) is 3.48. The van der Waals surface area contributed by atoms with E-state index in [0.717, 1.165) is 109 Å². The minimum Gasteiger partial charge on any atom is -0.463 e. The van der Waals surface area contributed by atoms with Gasteiger partial charge in [0.2, 0.25) is 0 Å². The number of aliphatic hydroxyl groups is 2. The molecule has 0 heterocycles. The van der Waals surface area contributed by atoms with E-state index < -0.39 is 91.5 Å². The number of rotatable bonds is 60. The summed E-state index contributed by atoms with van der Waals surface area (Å²) in [6.07, 6.45) is 65.8. The molecule has 16 nitrogen and oxygen atoms in total. The van der Waals surface area contributed by atoms with Crippen LogP contribution in [-0.2, 0) is 55.8 Å². The van der Waals surface area contributed by atoms with Crippen LogP contribution >= 0.6 is 15.6 Å². The van der Waals surface area contributed by atoms with Crippen LogP contribution in [0.4, 0.5) is 0 Å². The molecule has 0 amide bonds. The molecule has 85 heavy (non-hydrogen) atoms. The fourth-order valence-electron chi connectivity index (χ4n) is 8.13. The Morgan fingerprint density at radius 1 is 0.341 bits per heavy atom. The van der Waals surface area contributed by atoms with Crippen LogP contribution in [0.15, 0.2) is 109 Å². The molecule has 0 rings (SSSR count). The molecule has 0 saturated heterocycles. The van der Waals surface area contributed by atoms with E-state index in [-0.39, 0.29) is 19.3 Å². The highest BCUT2D eigenvalue weighted by molar-refractivity contribution is 7.47. The van der Waals surface area contributed by atoms with Crippen molar-refractivity contribution in [3.05, 3.63) is 109 Å². The lowest BCUT2D eigenvalue weighted by atomic mass is 10.0. The zero-order chi connectivity index (χ0) is 62.4. The summed E-state index contributed by atoms with van der Waals surface area (Å²) in [5.74, 6) is -1.66. The Bertz CT molecular complexity index is 1990. The molecule has 0 aliphatic carbocycles. The van der Waals surface area contributed by atoms with Gasteiger partial charge in [0.1, 0.15) is 25.4 Å². The number of hydrogen-bond donors (Lipinski definition) is 4. The number of carbonyl (C=O) groups is 3. The maximum absolute atomic E-state index is 12.9. The summed E-state index contributed by atoms with van der Waals surface area (Å²) in [6, 6.07) is 0. The minimum absolute atomic E-state index is 0.0986. The van der Waals surface area contributed by atoms with E-state index in [4.69, 9.17) is 32.3 Å². The summed E-state index contributed by atoms with van der Waals surface area (Å²) in [6.45, 7) is 2.33. The smallest absolute Gasteiger partial charge is 0.463 e. The summed E-state index contributed by atoms with van der Waals surface area (Å²) >= 11 is 0. The molecule has 5 atom stereocenters. The van der Waals surface area contributed by atoms with Gasteiger partial charge in [-0.05, 0) is 96.3 Å². The second-order valence-corrected chi connectivity index (χ2v) is 24.1. The van der Waals surface area contributed by atoms with E-state index in [1.807, 2.05) is 12.2 Å². The molecule has 18 heteroatoms. The first-order valence-electron chi connectivity index (χ1n) is 32.2. The molecule has 488 valence electrons. The van der Waals surface area contributed by atoms with Crippen molar-refractivity contribution in [2.75, 3.05) is 39.6 Å². The van der Waals surface area contributed by atoms with Crippen molar-refractivity contribution in [2.24, 2.45) is 0 Å². The van der Waals surface area contributed by atoms with E-state index in [0.29, 0.717) is 25.7 Å². The maximum Gasteiger partial charge on any atom is 0.472 e. The molecule has 4 N–H and O–H groups in total. The van der Waals surface area contributed by atoms with E-state index in [2.05, 4.69) is 118 Å². The molecular weight excluding hydrogens is 1120 g/mol. The molecule has 0 radical (unpaired) electrons. The Morgan fingerprint density at radius 2 is 0.635 bits per heavy atom. The summed E-state index contributed by atoms with van der Waals surface area (Å²) in [4.78, 5) is 58.2. The second kappa shape index (κ2) is 60.5. The third-order valence-corrected chi connectivity index (χ3v) is 14.9. The van der Waals surface area contributed by atoms with E-state index >= 15 is 0 Å². The molecule has 0 saturated carbocycles. The summed E-state index contributed by atoms with van der Waals surface area (Å²) in [7, 11) is -9.79. The Morgan fingerprint density at radius 3 is 1.04 bits per heavy atom. The van der Waals surface area contributed by atoms with Gasteiger partial charge in [0.05, 0.1) is 26.4 Å². The van der Waals surface area contributed by atoms with Gasteiger partial charge in [0.15, 0.2) is 6.10 Å². The van der Waals surface area contributed by atoms with Crippen LogP contribution in [-0.4, -0.2) is 95.9 Å². The van der Waals surface area contributed by atoms with Gasteiger partial charge in [-0.15, -0.1) is 0 Å². The van der Waals surface area contributed by atoms with Gasteiger partial charge in [-0.3, -0.25) is 32.5 Å². The van der Waals surface area contributed by atoms with Crippen molar-refractivity contribution in [3.8, 4) is 0 Å². The Kier molecular flexibility index (Phi) is 57.8. The number of allylic oxidation sites excluding steroid dienone is 18. The van der Waals surface area contributed by atoms with E-state index in [1.54, 1.807) is 0 Å². The van der Waals surface area contributed by atoms with Crippen LogP contribution < -0.4 is 0 Å². The number of hydrogen-bond acceptors (Lipinski definition) is 14. The van der Waals surface area contributed by atoms with Crippen LogP contribution in [0.25, 0.3) is 0 Å². The molecule has 5 unspecified atom stereocenters. The molecule has 0 aliphatic rings. The number of aliphatic hydroxyl groups excluding tert-OH is 2. The number of phosphoric ester groups is 2. The first-order valence-corrected chi connectivity index (χ1v) is 35.2. The lowest BCUT2D eigenvalue weighted by molar-refractivity contribution is -0.161. The maximum atomic E-state index is 12.9. The van der Waals surface area contributed by atoms with Gasteiger partial charge in [0.25, 0.3) is 0 Å². The van der Waals surface area contributed by atoms with Crippen molar-refractivity contribution in [1.29, 1.82) is 0 Å². The predicted molar refractivity (Wildman–Crippen MR) is 344 cm³/mol. The molecule has 0 bridgehead atoms. The van der Waals surface area contributed by atoms with Gasteiger partial charge in [-0.2, -0.15) is 0 Å². The SMILES string of the molecule is CC/C=C\C/C=C\C/C=C\C/C=C\C/C=C\CCCC(=O)OCC(O)COP(=O)(O)OCC(O)COP(=O)(O)OCC(COC(=O)CCCCCC/C=C\C/C=C\C/C=C\C/C=C\CC)OC(=O)CCCCCCCCCCCCCCCCC. The standard InChI is InChI=1S/C67H114O16P2/c1-4-7-10-13-16-19-22-25-28-30-33-35-38-41-44-47-50-53-65(70)77-56-62(68)57-79-84(73,74)80-58-63(69)59-81-85(75,76)82-61-64(83-67(72)55-52-49-46-43-40-37-32-27-24-21-18-15-12-9-6-3)60-78-66(71)54-51-48-45-42-39-36-34-31-29-26-23-20-17-14-11-8-5-2/h7-8,10-11,16-17,19-20,25-26,28-29,33-36,41,44,62-64,68-69H,4-6,9,12-15,18,21-24,27,30-32,37-40,42-43,45-61H2,1-3H3,(H,73,74)(H,75,76)/b10-7-,11-8-,19-16-,20-17-,28-25-,29-26-,35-33-,36-34-,44-41-. The van der Waals surface area contributed by atoms with Crippen LogP contribution in [0.3, 0.4) is 0 Å². The first-order chi connectivity index (χ1) is 41.2. The summed E-state index contributed by atoms with van der Waals surface area (Å²) < 4.78 is 60.7. The highest BCUT2D eigenvalue weighted by Crippen LogP contribution is 2.45. The van der Waals surface area contributed by atoms with Crippen LogP contribution in [0.2, 0.25) is 0 Å². The number of phosphoric acid groups is 2. The molecule has 0 fully saturated rings. The topological polar surface area (TPSA) is 231 Å². The number of esters is 3. The molecule has 0 aliphatic heterocycles. The number of unbranched alkanes of at least 4 members (excludes halogenated alkanes) is 19. The summed E-state index contributed by atoms with van der Waals surface area (Å²) in [5.41, 5.74) is 0. The molecule has 0 aromatic carbocycles. The molecular formula is C67H114O16P2. The Balaban J connectivity index is 4.77. The minimum atomic E-state index is -4.93. The summed E-state index contributed by atoms with van der Waals surface area (Å²) in [5, 5.41) is 20.5. The highest BCUT2D eigenvalue weighted by Gasteiger charge is 2.29. The fraction of sp³-hybridized carbons (Fsp3) is 0.687. The number of ether oxygens (including phenoxy) is 3. The third-order valence-electron chi connectivity index (χ3n) is 13.0.